The molecule has 0 radical (unpaired) electrons. The van der Waals surface area contributed by atoms with Gasteiger partial charge >= 0.3 is 0 Å². The summed E-state index contributed by atoms with van der Waals surface area (Å²) in [6.45, 7) is 8.87. The molecular weight excluding hydrogens is 342 g/mol. The minimum atomic E-state index is -0.649. The molecule has 0 spiro atoms. The predicted octanol–water partition coefficient (Wildman–Crippen LogP) is 6.82. The second-order valence-electron chi connectivity index (χ2n) is 8.01. The molecule has 0 aliphatic carbocycles. The highest BCUT2D eigenvalue weighted by atomic mass is 16.3. The molecule has 0 aliphatic rings. The first kappa shape index (κ1) is 20.2. The van der Waals surface area contributed by atoms with Crippen LogP contribution in [0.4, 0.5) is 5.69 Å². The number of nitrogens with one attached hydrogen (secondary N) is 1. The third kappa shape index (κ3) is 4.45. The topological polar surface area (TPSA) is 32.3 Å². The molecule has 3 aromatic rings. The van der Waals surface area contributed by atoms with Gasteiger partial charge in [-0.15, -0.1) is 0 Å². The normalized spacial score (nSPS) is 13.5. The molecule has 28 heavy (non-hydrogen) atoms. The molecule has 0 aromatic heterocycles. The van der Waals surface area contributed by atoms with Crippen LogP contribution in [0.15, 0.2) is 78.9 Å². The summed E-state index contributed by atoms with van der Waals surface area (Å²) in [5.74, 6) is 0.790. The lowest BCUT2D eigenvalue weighted by Crippen LogP contribution is -2.21. The van der Waals surface area contributed by atoms with Gasteiger partial charge in [-0.3, -0.25) is 0 Å². The van der Waals surface area contributed by atoms with Crippen molar-refractivity contribution < 1.29 is 5.11 Å². The van der Waals surface area contributed by atoms with E-state index in [0.29, 0.717) is 11.8 Å². The van der Waals surface area contributed by atoms with Crippen molar-refractivity contribution in [2.45, 2.75) is 51.7 Å². The van der Waals surface area contributed by atoms with Crippen LogP contribution in [-0.2, 0) is 0 Å². The number of hydrogen-bond donors (Lipinski definition) is 2. The highest BCUT2D eigenvalue weighted by molar-refractivity contribution is 5.61. The van der Waals surface area contributed by atoms with E-state index < -0.39 is 6.10 Å². The van der Waals surface area contributed by atoms with Crippen LogP contribution in [-0.4, -0.2) is 5.11 Å². The molecule has 0 fully saturated rings. The zero-order valence-electron chi connectivity index (χ0n) is 17.3. The molecular formula is C26H31NO. The first-order valence-electron chi connectivity index (χ1n) is 10.2. The molecule has 0 saturated carbocycles. The van der Waals surface area contributed by atoms with E-state index >= 15 is 0 Å². The highest BCUT2D eigenvalue weighted by Crippen LogP contribution is 2.38. The van der Waals surface area contributed by atoms with Crippen molar-refractivity contribution in [2.75, 3.05) is 5.32 Å². The molecule has 146 valence electrons. The number of para-hydroxylation sites is 1. The third-order valence-corrected chi connectivity index (χ3v) is 5.29. The number of anilines is 1. The minimum Gasteiger partial charge on any atom is -0.386 e. The Kier molecular flexibility index (Phi) is 6.53. The summed E-state index contributed by atoms with van der Waals surface area (Å²) < 4.78 is 0. The van der Waals surface area contributed by atoms with Gasteiger partial charge in [-0.25, -0.2) is 0 Å². The van der Waals surface area contributed by atoms with Gasteiger partial charge in [0.05, 0.1) is 6.04 Å². The maximum Gasteiger partial charge on any atom is 0.103 e. The Morgan fingerprint density at radius 1 is 0.607 bits per heavy atom. The van der Waals surface area contributed by atoms with Gasteiger partial charge in [0, 0.05) is 5.69 Å². The Balaban J connectivity index is 2.08. The third-order valence-electron chi connectivity index (χ3n) is 5.29. The van der Waals surface area contributed by atoms with Gasteiger partial charge in [-0.05, 0) is 34.1 Å². The Bertz CT molecular complexity index is 845. The molecule has 2 atom stereocenters. The van der Waals surface area contributed by atoms with Gasteiger partial charge in [0.15, 0.2) is 0 Å². The molecule has 0 aliphatic heterocycles. The van der Waals surface area contributed by atoms with Crippen molar-refractivity contribution in [2.24, 2.45) is 0 Å². The summed E-state index contributed by atoms with van der Waals surface area (Å²) in [4.78, 5) is 0. The zero-order valence-corrected chi connectivity index (χ0v) is 17.3. The van der Waals surface area contributed by atoms with E-state index in [1.54, 1.807) is 0 Å². The van der Waals surface area contributed by atoms with Gasteiger partial charge in [-0.1, -0.05) is 107 Å². The number of rotatable bonds is 7. The molecule has 0 saturated heterocycles. The Morgan fingerprint density at radius 2 is 1.07 bits per heavy atom. The number of aliphatic hydroxyl groups is 1. The molecule has 2 nitrogen and oxygen atoms in total. The van der Waals surface area contributed by atoms with Crippen molar-refractivity contribution in [1.29, 1.82) is 0 Å². The number of benzene rings is 3. The van der Waals surface area contributed by atoms with Crippen molar-refractivity contribution in [3.05, 3.63) is 101 Å². The fraction of sp³-hybridized carbons (Fsp3) is 0.308. The molecule has 0 amide bonds. The zero-order chi connectivity index (χ0) is 20.1. The summed E-state index contributed by atoms with van der Waals surface area (Å²) in [6.07, 6.45) is -0.649. The molecule has 3 rings (SSSR count). The van der Waals surface area contributed by atoms with Crippen LogP contribution in [0.2, 0.25) is 0 Å². The molecule has 1 unspecified atom stereocenters. The lowest BCUT2D eigenvalue weighted by Gasteiger charge is -2.30. The molecule has 0 bridgehead atoms. The van der Waals surface area contributed by atoms with Gasteiger partial charge < -0.3 is 10.4 Å². The standard InChI is InChI=1S/C26H31NO/c1-18(2)22-16-11-17-23(19(3)4)25(22)27-24(20-12-7-5-8-13-20)26(28)21-14-9-6-10-15-21/h5-19,24,26-28H,1-4H3/t24?,26-/m1/s1. The van der Waals surface area contributed by atoms with Crippen LogP contribution in [0.3, 0.4) is 0 Å². The van der Waals surface area contributed by atoms with Crippen LogP contribution in [0.1, 0.15) is 73.9 Å². The second kappa shape index (κ2) is 9.07. The first-order valence-corrected chi connectivity index (χ1v) is 10.2. The summed E-state index contributed by atoms with van der Waals surface area (Å²) in [7, 11) is 0. The van der Waals surface area contributed by atoms with Crippen molar-refractivity contribution in [3.8, 4) is 0 Å². The first-order chi connectivity index (χ1) is 13.5. The maximum atomic E-state index is 11.3. The van der Waals surface area contributed by atoms with Crippen molar-refractivity contribution in [3.63, 3.8) is 0 Å². The lowest BCUT2D eigenvalue weighted by molar-refractivity contribution is 0.155. The van der Waals surface area contributed by atoms with Gasteiger partial charge in [0.2, 0.25) is 0 Å². The predicted molar refractivity (Wildman–Crippen MR) is 119 cm³/mol. The Labute approximate surface area is 169 Å². The van der Waals surface area contributed by atoms with Gasteiger partial charge in [0.25, 0.3) is 0 Å². The fourth-order valence-electron chi connectivity index (χ4n) is 3.72. The highest BCUT2D eigenvalue weighted by Gasteiger charge is 2.25. The SMILES string of the molecule is CC(C)c1cccc(C(C)C)c1NC(c1ccccc1)[C@H](O)c1ccccc1. The quantitative estimate of drug-likeness (QED) is 0.476. The van der Waals surface area contributed by atoms with Crippen molar-refractivity contribution >= 4 is 5.69 Å². The smallest absolute Gasteiger partial charge is 0.103 e. The number of aliphatic hydroxyl groups excluding tert-OH is 1. The average molecular weight is 374 g/mol. The van der Waals surface area contributed by atoms with E-state index in [2.05, 4.69) is 63.3 Å². The lowest BCUT2D eigenvalue weighted by atomic mass is 9.90. The minimum absolute atomic E-state index is 0.235. The van der Waals surface area contributed by atoms with Crippen LogP contribution >= 0.6 is 0 Å². The van der Waals surface area contributed by atoms with E-state index in [-0.39, 0.29) is 6.04 Å². The van der Waals surface area contributed by atoms with E-state index in [9.17, 15) is 5.11 Å². The molecule has 2 N–H and O–H groups in total. The van der Waals surface area contributed by atoms with E-state index in [0.717, 1.165) is 16.8 Å². The fourth-order valence-corrected chi connectivity index (χ4v) is 3.72. The summed E-state index contributed by atoms with van der Waals surface area (Å²) in [6, 6.07) is 26.4. The molecule has 2 heteroatoms. The van der Waals surface area contributed by atoms with Crippen LogP contribution in [0.25, 0.3) is 0 Å². The second-order valence-corrected chi connectivity index (χ2v) is 8.01. The number of hydrogen-bond acceptors (Lipinski definition) is 2. The summed E-state index contributed by atoms with van der Waals surface area (Å²) >= 11 is 0. The van der Waals surface area contributed by atoms with Gasteiger partial charge in [0.1, 0.15) is 6.10 Å². The van der Waals surface area contributed by atoms with E-state index in [4.69, 9.17) is 0 Å². The summed E-state index contributed by atoms with van der Waals surface area (Å²) in [5.41, 5.74) is 5.71. The Morgan fingerprint density at radius 3 is 1.54 bits per heavy atom. The average Bonchev–Trinajstić information content (AvgIpc) is 2.72. The van der Waals surface area contributed by atoms with E-state index in [1.807, 2.05) is 48.5 Å². The van der Waals surface area contributed by atoms with Crippen LogP contribution in [0.5, 0.6) is 0 Å². The molecule has 3 aromatic carbocycles. The van der Waals surface area contributed by atoms with E-state index in [1.165, 1.54) is 11.1 Å². The monoisotopic (exact) mass is 373 g/mol. The molecule has 0 heterocycles. The van der Waals surface area contributed by atoms with Gasteiger partial charge in [-0.2, -0.15) is 0 Å². The summed E-state index contributed by atoms with van der Waals surface area (Å²) in [5, 5.41) is 15.0. The van der Waals surface area contributed by atoms with Crippen molar-refractivity contribution in [1.82, 2.24) is 0 Å². The largest absolute Gasteiger partial charge is 0.386 e. The maximum absolute atomic E-state index is 11.3. The van der Waals surface area contributed by atoms with Crippen LogP contribution < -0.4 is 5.32 Å². The Hall–Kier alpha value is -2.58. The van der Waals surface area contributed by atoms with Crippen LogP contribution in [0, 0.1) is 0 Å².